The number of fused-ring (bicyclic) bond motifs is 1. The van der Waals surface area contributed by atoms with Gasteiger partial charge in [-0.25, -0.2) is 9.67 Å². The van der Waals surface area contributed by atoms with Gasteiger partial charge >= 0.3 is 0 Å². The van der Waals surface area contributed by atoms with E-state index >= 15 is 0 Å². The average molecular weight is 407 g/mol. The predicted octanol–water partition coefficient (Wildman–Crippen LogP) is 3.52. The maximum Gasteiger partial charge on any atom is 0.262 e. The van der Waals surface area contributed by atoms with Crippen molar-refractivity contribution >= 4 is 33.3 Å². The van der Waals surface area contributed by atoms with E-state index < -0.39 is 0 Å². The molecule has 148 valence electrons. The number of carbonyl (C=O) groups is 1. The summed E-state index contributed by atoms with van der Waals surface area (Å²) in [5.41, 5.74) is 3.50. The van der Waals surface area contributed by atoms with Gasteiger partial charge in [0.05, 0.1) is 23.1 Å². The number of hydrogen-bond acceptors (Lipinski definition) is 5. The summed E-state index contributed by atoms with van der Waals surface area (Å²) in [4.78, 5) is 31.6. The lowest BCUT2D eigenvalue weighted by Gasteiger charge is -2.10. The van der Waals surface area contributed by atoms with Crippen LogP contribution in [-0.2, 0) is 11.3 Å². The van der Waals surface area contributed by atoms with Gasteiger partial charge in [0.15, 0.2) is 0 Å². The highest BCUT2D eigenvalue weighted by Crippen LogP contribution is 2.25. The number of nitrogens with zero attached hydrogens (tertiary/aromatic N) is 4. The molecule has 8 heteroatoms. The quantitative estimate of drug-likeness (QED) is 0.561. The molecule has 0 unspecified atom stereocenters. The normalized spacial score (nSPS) is 11.2. The number of anilines is 1. The Morgan fingerprint density at radius 2 is 1.86 bits per heavy atom. The lowest BCUT2D eigenvalue weighted by molar-refractivity contribution is -0.116. The van der Waals surface area contributed by atoms with Crippen LogP contribution in [0.2, 0.25) is 0 Å². The van der Waals surface area contributed by atoms with E-state index in [4.69, 9.17) is 0 Å². The Morgan fingerprint density at radius 3 is 2.59 bits per heavy atom. The molecule has 0 saturated heterocycles. The molecular formula is C21H21N5O2S. The third-order valence-corrected chi connectivity index (χ3v) is 5.96. The van der Waals surface area contributed by atoms with Crippen LogP contribution in [-0.4, -0.2) is 25.2 Å². The maximum absolute atomic E-state index is 12.8. The Morgan fingerprint density at radius 1 is 1.14 bits per heavy atom. The highest BCUT2D eigenvalue weighted by atomic mass is 32.1. The number of amides is 1. The van der Waals surface area contributed by atoms with Gasteiger partial charge in [0.25, 0.3) is 5.56 Å². The Bertz CT molecular complexity index is 1280. The summed E-state index contributed by atoms with van der Waals surface area (Å²) in [6.07, 6.45) is 1.43. The van der Waals surface area contributed by atoms with Gasteiger partial charge in [0, 0.05) is 10.9 Å². The van der Waals surface area contributed by atoms with Crippen LogP contribution >= 0.6 is 11.3 Å². The van der Waals surface area contributed by atoms with Crippen LogP contribution in [0.15, 0.2) is 41.5 Å². The summed E-state index contributed by atoms with van der Waals surface area (Å²) in [6, 6.07) is 9.67. The topological polar surface area (TPSA) is 81.8 Å². The molecule has 1 aromatic carbocycles. The molecule has 3 aromatic heterocycles. The van der Waals surface area contributed by atoms with Gasteiger partial charge in [-0.2, -0.15) is 5.10 Å². The van der Waals surface area contributed by atoms with Crippen molar-refractivity contribution in [3.8, 4) is 5.69 Å². The van der Waals surface area contributed by atoms with E-state index in [1.807, 2.05) is 52.0 Å². The van der Waals surface area contributed by atoms with Crippen molar-refractivity contribution in [3.63, 3.8) is 0 Å². The number of aromatic nitrogens is 4. The molecule has 4 aromatic rings. The van der Waals surface area contributed by atoms with Crippen LogP contribution in [0.25, 0.3) is 15.9 Å². The minimum atomic E-state index is -0.314. The number of hydrogen-bond donors (Lipinski definition) is 1. The Balaban J connectivity index is 1.61. The molecule has 3 heterocycles. The third kappa shape index (κ3) is 3.58. The first-order valence-electron chi connectivity index (χ1n) is 9.22. The molecule has 4 rings (SSSR count). The van der Waals surface area contributed by atoms with E-state index in [1.54, 1.807) is 10.7 Å². The Hall–Kier alpha value is -3.26. The molecule has 7 nitrogen and oxygen atoms in total. The fourth-order valence-corrected chi connectivity index (χ4v) is 4.18. The first kappa shape index (κ1) is 19.1. The SMILES string of the molecule is Cc1ccc(-n2nc(C)cc2NC(=O)Cn2cnc3sc(C)c(C)c3c2=O)cc1. The van der Waals surface area contributed by atoms with Crippen LogP contribution in [0.5, 0.6) is 0 Å². The highest BCUT2D eigenvalue weighted by Gasteiger charge is 2.15. The second kappa shape index (κ2) is 7.29. The smallest absolute Gasteiger partial charge is 0.262 e. The van der Waals surface area contributed by atoms with E-state index in [-0.39, 0.29) is 18.0 Å². The first-order valence-corrected chi connectivity index (χ1v) is 10.0. The lowest BCUT2D eigenvalue weighted by Crippen LogP contribution is -2.28. The summed E-state index contributed by atoms with van der Waals surface area (Å²) < 4.78 is 3.03. The second-order valence-corrected chi connectivity index (χ2v) is 8.31. The fourth-order valence-electron chi connectivity index (χ4n) is 3.19. The minimum absolute atomic E-state index is 0.117. The largest absolute Gasteiger partial charge is 0.309 e. The second-order valence-electron chi connectivity index (χ2n) is 7.11. The fraction of sp³-hybridized carbons (Fsp3) is 0.238. The molecule has 0 aliphatic heterocycles. The number of aryl methyl sites for hydroxylation is 4. The number of rotatable bonds is 4. The molecular weight excluding hydrogens is 386 g/mol. The molecule has 0 aliphatic carbocycles. The summed E-state index contributed by atoms with van der Waals surface area (Å²) >= 11 is 1.49. The van der Waals surface area contributed by atoms with Crippen LogP contribution in [0.3, 0.4) is 0 Å². The van der Waals surface area contributed by atoms with Gasteiger partial charge in [-0.1, -0.05) is 17.7 Å². The van der Waals surface area contributed by atoms with E-state index in [0.29, 0.717) is 16.0 Å². The van der Waals surface area contributed by atoms with E-state index in [0.717, 1.165) is 27.4 Å². The Labute approximate surface area is 171 Å². The molecule has 1 amide bonds. The zero-order chi connectivity index (χ0) is 20.7. The van der Waals surface area contributed by atoms with E-state index in [2.05, 4.69) is 15.4 Å². The van der Waals surface area contributed by atoms with Crippen molar-refractivity contribution in [2.75, 3.05) is 5.32 Å². The van der Waals surface area contributed by atoms with Gasteiger partial charge in [-0.05, 0) is 45.4 Å². The molecule has 0 bridgehead atoms. The van der Waals surface area contributed by atoms with E-state index in [9.17, 15) is 9.59 Å². The zero-order valence-corrected chi connectivity index (χ0v) is 17.5. The lowest BCUT2D eigenvalue weighted by atomic mass is 10.2. The summed E-state index contributed by atoms with van der Waals surface area (Å²) in [5, 5.41) is 7.92. The number of thiophene rings is 1. The molecule has 0 radical (unpaired) electrons. The van der Waals surface area contributed by atoms with Crippen molar-refractivity contribution in [1.82, 2.24) is 19.3 Å². The molecule has 0 aliphatic rings. The third-order valence-electron chi connectivity index (χ3n) is 4.85. The summed E-state index contributed by atoms with van der Waals surface area (Å²) in [7, 11) is 0. The minimum Gasteiger partial charge on any atom is -0.309 e. The van der Waals surface area contributed by atoms with Crippen LogP contribution in [0, 0.1) is 27.7 Å². The predicted molar refractivity (Wildman–Crippen MR) is 115 cm³/mol. The van der Waals surface area contributed by atoms with Crippen LogP contribution in [0.1, 0.15) is 21.7 Å². The van der Waals surface area contributed by atoms with Crippen molar-refractivity contribution < 1.29 is 4.79 Å². The van der Waals surface area contributed by atoms with Gasteiger partial charge in [0.2, 0.25) is 5.91 Å². The van der Waals surface area contributed by atoms with Gasteiger partial charge in [0.1, 0.15) is 17.2 Å². The monoisotopic (exact) mass is 407 g/mol. The van der Waals surface area contributed by atoms with Gasteiger partial charge in [-0.15, -0.1) is 11.3 Å². The molecule has 29 heavy (non-hydrogen) atoms. The summed E-state index contributed by atoms with van der Waals surface area (Å²) in [6.45, 7) is 7.63. The van der Waals surface area contributed by atoms with Crippen molar-refractivity contribution in [1.29, 1.82) is 0 Å². The molecule has 0 saturated carbocycles. The highest BCUT2D eigenvalue weighted by molar-refractivity contribution is 7.18. The van der Waals surface area contributed by atoms with E-state index in [1.165, 1.54) is 22.2 Å². The van der Waals surface area contributed by atoms with Crippen molar-refractivity contribution in [2.45, 2.75) is 34.2 Å². The number of carbonyl (C=O) groups excluding carboxylic acids is 1. The molecule has 0 spiro atoms. The van der Waals surface area contributed by atoms with Crippen LogP contribution < -0.4 is 10.9 Å². The van der Waals surface area contributed by atoms with Gasteiger partial charge < -0.3 is 5.32 Å². The summed E-state index contributed by atoms with van der Waals surface area (Å²) in [5.74, 6) is 0.243. The zero-order valence-electron chi connectivity index (χ0n) is 16.7. The first-order chi connectivity index (χ1) is 13.8. The number of nitrogens with one attached hydrogen (secondary N) is 1. The molecule has 0 atom stereocenters. The maximum atomic E-state index is 12.8. The van der Waals surface area contributed by atoms with Gasteiger partial charge in [-0.3, -0.25) is 14.2 Å². The average Bonchev–Trinajstić information content (AvgIpc) is 3.18. The number of benzene rings is 1. The van der Waals surface area contributed by atoms with Crippen molar-refractivity contribution in [3.05, 3.63) is 68.7 Å². The molecule has 0 fully saturated rings. The standard InChI is InChI=1S/C21H21N5O2S/c1-12-5-7-16(8-6-12)26-17(9-13(2)24-26)23-18(27)10-25-11-22-20-19(21(25)28)14(3)15(4)29-20/h5-9,11H,10H2,1-4H3,(H,23,27). The Kier molecular flexibility index (Phi) is 4.79. The van der Waals surface area contributed by atoms with Crippen LogP contribution in [0.4, 0.5) is 5.82 Å². The molecule has 1 N–H and O–H groups in total. The van der Waals surface area contributed by atoms with Crippen molar-refractivity contribution in [2.24, 2.45) is 0 Å².